The zero-order valence-electron chi connectivity index (χ0n) is 12.1. The summed E-state index contributed by atoms with van der Waals surface area (Å²) in [7, 11) is 2.04. The Morgan fingerprint density at radius 3 is 2.74 bits per heavy atom. The fraction of sp³-hybridized carbons (Fsp3) is 0.438. The molecule has 1 aromatic carbocycles. The predicted molar refractivity (Wildman–Crippen MR) is 85.8 cm³/mol. The molecule has 0 aliphatic heterocycles. The minimum atomic E-state index is 0.293. The number of aromatic nitrogens is 1. The number of hydrogen-bond acceptors (Lipinski definition) is 3. The van der Waals surface area contributed by atoms with Crippen LogP contribution in [-0.4, -0.2) is 22.5 Å². The summed E-state index contributed by atoms with van der Waals surface area (Å²) in [4.78, 5) is 4.20. The molecule has 2 nitrogen and oxygen atoms in total. The molecule has 0 saturated heterocycles. The van der Waals surface area contributed by atoms with Crippen LogP contribution < -0.4 is 5.32 Å². The van der Waals surface area contributed by atoms with E-state index in [-0.39, 0.29) is 0 Å². The van der Waals surface area contributed by atoms with Crippen molar-refractivity contribution in [1.29, 1.82) is 0 Å². The van der Waals surface area contributed by atoms with Crippen LogP contribution >= 0.6 is 11.8 Å². The zero-order valence-corrected chi connectivity index (χ0v) is 12.9. The Labute approximate surface area is 120 Å². The molecule has 19 heavy (non-hydrogen) atoms. The maximum absolute atomic E-state index is 4.20. The van der Waals surface area contributed by atoms with Gasteiger partial charge in [-0.1, -0.05) is 39.0 Å². The smallest absolute Gasteiger partial charge is 0.0415 e. The van der Waals surface area contributed by atoms with Gasteiger partial charge < -0.3 is 5.32 Å². The molecule has 0 saturated carbocycles. The highest BCUT2D eigenvalue weighted by Crippen LogP contribution is 2.31. The fourth-order valence-corrected chi connectivity index (χ4v) is 3.13. The lowest BCUT2D eigenvalue weighted by atomic mass is 10.0. The molecule has 0 aliphatic rings. The van der Waals surface area contributed by atoms with E-state index in [4.69, 9.17) is 0 Å². The highest BCUT2D eigenvalue weighted by molar-refractivity contribution is 8.00. The SMILES string of the molecule is CNC(CSC(C)(C)C)c1cccc2cnccc12. The molecule has 0 spiro atoms. The summed E-state index contributed by atoms with van der Waals surface area (Å²) in [5, 5.41) is 5.95. The normalized spacial score (nSPS) is 13.7. The van der Waals surface area contributed by atoms with Crippen LogP contribution in [0.2, 0.25) is 0 Å². The van der Waals surface area contributed by atoms with E-state index in [1.54, 1.807) is 0 Å². The molecule has 102 valence electrons. The van der Waals surface area contributed by atoms with Gasteiger partial charge in [-0.15, -0.1) is 0 Å². The zero-order chi connectivity index (χ0) is 13.9. The Morgan fingerprint density at radius 1 is 1.26 bits per heavy atom. The lowest BCUT2D eigenvalue weighted by Crippen LogP contribution is -2.22. The Morgan fingerprint density at radius 2 is 2.05 bits per heavy atom. The van der Waals surface area contributed by atoms with E-state index in [2.05, 4.69) is 55.3 Å². The van der Waals surface area contributed by atoms with E-state index in [0.29, 0.717) is 10.8 Å². The monoisotopic (exact) mass is 274 g/mol. The van der Waals surface area contributed by atoms with Gasteiger partial charge in [0.15, 0.2) is 0 Å². The Balaban J connectivity index is 2.30. The summed E-state index contributed by atoms with van der Waals surface area (Å²) >= 11 is 1.99. The summed E-state index contributed by atoms with van der Waals surface area (Å²) in [5.41, 5.74) is 1.36. The third-order valence-electron chi connectivity index (χ3n) is 3.12. The van der Waals surface area contributed by atoms with Gasteiger partial charge in [-0.3, -0.25) is 4.98 Å². The Bertz CT molecular complexity index is 540. The van der Waals surface area contributed by atoms with Gasteiger partial charge in [-0.25, -0.2) is 0 Å². The predicted octanol–water partition coefficient (Wildman–Crippen LogP) is 4.03. The van der Waals surface area contributed by atoms with Crippen LogP contribution in [-0.2, 0) is 0 Å². The van der Waals surface area contributed by atoms with Gasteiger partial charge in [0.05, 0.1) is 0 Å². The third-order valence-corrected chi connectivity index (χ3v) is 4.49. The molecule has 0 radical (unpaired) electrons. The van der Waals surface area contributed by atoms with Crippen molar-refractivity contribution in [2.75, 3.05) is 12.8 Å². The number of hydrogen-bond donors (Lipinski definition) is 1. The number of fused-ring (bicyclic) bond motifs is 1. The summed E-state index contributed by atoms with van der Waals surface area (Å²) in [6.45, 7) is 6.78. The molecular weight excluding hydrogens is 252 g/mol. The fourth-order valence-electron chi connectivity index (χ4n) is 2.11. The van der Waals surface area contributed by atoms with E-state index in [9.17, 15) is 0 Å². The molecule has 1 unspecified atom stereocenters. The lowest BCUT2D eigenvalue weighted by Gasteiger charge is -2.24. The molecule has 3 heteroatoms. The van der Waals surface area contributed by atoms with Gasteiger partial charge in [0.2, 0.25) is 0 Å². The maximum Gasteiger partial charge on any atom is 0.0415 e. The second kappa shape index (κ2) is 5.93. The van der Waals surface area contributed by atoms with Crippen LogP contribution in [0.3, 0.4) is 0 Å². The van der Waals surface area contributed by atoms with Crippen molar-refractivity contribution >= 4 is 22.5 Å². The van der Waals surface area contributed by atoms with Crippen LogP contribution in [0.4, 0.5) is 0 Å². The molecule has 2 rings (SSSR count). The number of nitrogens with one attached hydrogen (secondary N) is 1. The third kappa shape index (κ3) is 3.71. The molecule has 0 aliphatic carbocycles. The Kier molecular flexibility index (Phi) is 4.48. The van der Waals surface area contributed by atoms with Gasteiger partial charge in [0.25, 0.3) is 0 Å². The first-order chi connectivity index (χ1) is 9.01. The van der Waals surface area contributed by atoms with Crippen molar-refractivity contribution in [3.05, 3.63) is 42.2 Å². The molecule has 0 amide bonds. The van der Waals surface area contributed by atoms with Crippen molar-refractivity contribution < 1.29 is 0 Å². The number of pyridine rings is 1. The average molecular weight is 274 g/mol. The molecule has 1 N–H and O–H groups in total. The number of benzene rings is 1. The average Bonchev–Trinajstić information content (AvgIpc) is 2.38. The van der Waals surface area contributed by atoms with Crippen LogP contribution in [0.5, 0.6) is 0 Å². The van der Waals surface area contributed by atoms with Crippen molar-refractivity contribution in [2.24, 2.45) is 0 Å². The number of rotatable bonds is 4. The first-order valence-electron chi connectivity index (χ1n) is 6.65. The standard InChI is InChI=1S/C16H22N2S/c1-16(2,3)19-11-15(17-4)14-7-5-6-12-10-18-9-8-13(12)14/h5-10,15,17H,11H2,1-4H3. The van der Waals surface area contributed by atoms with E-state index >= 15 is 0 Å². The molecule has 0 fully saturated rings. The van der Waals surface area contributed by atoms with Gasteiger partial charge in [-0.05, 0) is 24.1 Å². The minimum absolute atomic E-state index is 0.293. The molecule has 1 heterocycles. The first-order valence-corrected chi connectivity index (χ1v) is 7.64. The van der Waals surface area contributed by atoms with E-state index in [1.165, 1.54) is 16.3 Å². The quantitative estimate of drug-likeness (QED) is 0.911. The van der Waals surface area contributed by atoms with Crippen molar-refractivity contribution in [1.82, 2.24) is 10.3 Å². The van der Waals surface area contributed by atoms with E-state index in [1.807, 2.05) is 31.2 Å². The topological polar surface area (TPSA) is 24.9 Å². The molecule has 0 bridgehead atoms. The largest absolute Gasteiger partial charge is 0.312 e. The summed E-state index contributed by atoms with van der Waals surface area (Å²) in [5.74, 6) is 1.07. The second-order valence-electron chi connectivity index (χ2n) is 5.71. The molecular formula is C16H22N2S. The van der Waals surface area contributed by atoms with Crippen LogP contribution in [0.25, 0.3) is 10.8 Å². The minimum Gasteiger partial charge on any atom is -0.312 e. The molecule has 2 aromatic rings. The van der Waals surface area contributed by atoms with Gasteiger partial charge in [-0.2, -0.15) is 11.8 Å². The van der Waals surface area contributed by atoms with Gasteiger partial charge in [0.1, 0.15) is 0 Å². The van der Waals surface area contributed by atoms with Crippen molar-refractivity contribution in [3.63, 3.8) is 0 Å². The van der Waals surface area contributed by atoms with E-state index < -0.39 is 0 Å². The summed E-state index contributed by atoms with van der Waals surface area (Å²) in [6, 6.07) is 8.93. The number of nitrogens with zero attached hydrogens (tertiary/aromatic N) is 1. The van der Waals surface area contributed by atoms with Crippen molar-refractivity contribution in [2.45, 2.75) is 31.6 Å². The van der Waals surface area contributed by atoms with Crippen LogP contribution in [0, 0.1) is 0 Å². The van der Waals surface area contributed by atoms with E-state index in [0.717, 1.165) is 5.75 Å². The lowest BCUT2D eigenvalue weighted by molar-refractivity contribution is 0.661. The van der Waals surface area contributed by atoms with Crippen LogP contribution in [0.1, 0.15) is 32.4 Å². The van der Waals surface area contributed by atoms with Crippen LogP contribution in [0.15, 0.2) is 36.7 Å². The highest BCUT2D eigenvalue weighted by Gasteiger charge is 2.17. The Hall–Kier alpha value is -1.06. The maximum atomic E-state index is 4.20. The first kappa shape index (κ1) is 14.4. The summed E-state index contributed by atoms with van der Waals surface area (Å²) < 4.78 is 0.293. The highest BCUT2D eigenvalue weighted by atomic mass is 32.2. The van der Waals surface area contributed by atoms with Gasteiger partial charge in [0, 0.05) is 34.3 Å². The number of thioether (sulfide) groups is 1. The summed E-state index contributed by atoms with van der Waals surface area (Å²) in [6.07, 6.45) is 3.80. The van der Waals surface area contributed by atoms with Crippen molar-refractivity contribution in [3.8, 4) is 0 Å². The molecule has 1 aromatic heterocycles. The molecule has 1 atom stereocenters. The van der Waals surface area contributed by atoms with Gasteiger partial charge >= 0.3 is 0 Å². The second-order valence-corrected chi connectivity index (χ2v) is 7.56.